The van der Waals surface area contributed by atoms with Crippen LogP contribution < -0.4 is 5.32 Å². The van der Waals surface area contributed by atoms with Gasteiger partial charge in [0.1, 0.15) is 5.69 Å². The van der Waals surface area contributed by atoms with Gasteiger partial charge in [-0.25, -0.2) is 4.79 Å². The molecule has 0 saturated heterocycles. The van der Waals surface area contributed by atoms with Gasteiger partial charge in [-0.1, -0.05) is 34.1 Å². The van der Waals surface area contributed by atoms with Crippen molar-refractivity contribution in [3.63, 3.8) is 0 Å². The summed E-state index contributed by atoms with van der Waals surface area (Å²) < 4.78 is 44.2. The second-order valence-corrected chi connectivity index (χ2v) is 6.66. The van der Waals surface area contributed by atoms with E-state index in [1.54, 1.807) is 32.0 Å². The highest BCUT2D eigenvalue weighted by Gasteiger charge is 2.32. The molecule has 1 N–H and O–H groups in total. The maximum atomic E-state index is 12.9. The predicted molar refractivity (Wildman–Crippen MR) is 99.5 cm³/mol. The molecule has 1 atom stereocenters. The maximum absolute atomic E-state index is 12.9. The van der Waals surface area contributed by atoms with Crippen molar-refractivity contribution in [2.45, 2.75) is 26.1 Å². The second kappa shape index (κ2) is 8.56. The van der Waals surface area contributed by atoms with E-state index in [-0.39, 0.29) is 0 Å². The summed E-state index contributed by atoms with van der Waals surface area (Å²) in [7, 11) is 1.27. The Labute approximate surface area is 163 Å². The molecule has 8 heteroatoms. The lowest BCUT2D eigenvalue weighted by molar-refractivity contribution is -0.141. The molecule has 0 aliphatic carbocycles. The molecule has 2 rings (SSSR count). The summed E-state index contributed by atoms with van der Waals surface area (Å²) in [6.45, 7) is 3.38. The molecule has 27 heavy (non-hydrogen) atoms. The highest BCUT2D eigenvalue weighted by molar-refractivity contribution is 9.10. The van der Waals surface area contributed by atoms with Crippen LogP contribution in [0.5, 0.6) is 0 Å². The minimum Gasteiger partial charge on any atom is -0.465 e. The van der Waals surface area contributed by atoms with Gasteiger partial charge in [-0.05, 0) is 37.6 Å². The molecule has 0 radical (unpaired) electrons. The molecule has 0 fully saturated rings. The fourth-order valence-corrected chi connectivity index (χ4v) is 3.07. The third kappa shape index (κ3) is 5.09. The zero-order chi connectivity index (χ0) is 20.2. The lowest BCUT2D eigenvalue weighted by Gasteiger charge is -2.20. The summed E-state index contributed by atoms with van der Waals surface area (Å²) in [5.74, 6) is -0.551. The van der Waals surface area contributed by atoms with Crippen molar-refractivity contribution < 1.29 is 22.7 Å². The predicted octanol–water partition coefficient (Wildman–Crippen LogP) is 5.12. The lowest BCUT2D eigenvalue weighted by Crippen LogP contribution is -2.21. The van der Waals surface area contributed by atoms with Gasteiger partial charge in [-0.2, -0.15) is 13.2 Å². The molecule has 2 aromatic rings. The largest absolute Gasteiger partial charge is 0.465 e. The van der Waals surface area contributed by atoms with Gasteiger partial charge in [0.05, 0.1) is 12.7 Å². The smallest absolute Gasteiger partial charge is 0.433 e. The minimum absolute atomic E-state index is 0.293. The van der Waals surface area contributed by atoms with Crippen LogP contribution in [0.25, 0.3) is 5.57 Å². The summed E-state index contributed by atoms with van der Waals surface area (Å²) in [6.07, 6.45) is -3.41. The summed E-state index contributed by atoms with van der Waals surface area (Å²) in [4.78, 5) is 15.7. The van der Waals surface area contributed by atoms with Gasteiger partial charge in [-0.3, -0.25) is 4.98 Å². The first-order valence-electron chi connectivity index (χ1n) is 7.99. The molecule has 0 spiro atoms. The average Bonchev–Trinajstić information content (AvgIpc) is 2.62. The number of nitrogens with one attached hydrogen (secondary N) is 1. The van der Waals surface area contributed by atoms with Crippen LogP contribution in [-0.4, -0.2) is 18.1 Å². The second-order valence-electron chi connectivity index (χ2n) is 5.81. The number of esters is 1. The van der Waals surface area contributed by atoms with E-state index in [9.17, 15) is 18.0 Å². The van der Waals surface area contributed by atoms with Crippen LogP contribution in [-0.2, 0) is 15.7 Å². The normalized spacial score (nSPS) is 13.6. The van der Waals surface area contributed by atoms with Crippen LogP contribution in [0.4, 0.5) is 13.2 Å². The number of hydrogen-bond donors (Lipinski definition) is 1. The molecule has 0 bridgehead atoms. The van der Waals surface area contributed by atoms with E-state index < -0.39 is 23.9 Å². The molecule has 4 nitrogen and oxygen atoms in total. The molecule has 0 amide bonds. The highest BCUT2D eigenvalue weighted by atomic mass is 79.9. The third-order valence-electron chi connectivity index (χ3n) is 3.92. The van der Waals surface area contributed by atoms with Crippen LogP contribution in [0, 0.1) is 0 Å². The minimum atomic E-state index is -4.52. The van der Waals surface area contributed by atoms with E-state index in [0.29, 0.717) is 26.9 Å². The van der Waals surface area contributed by atoms with Crippen molar-refractivity contribution in [2.24, 2.45) is 0 Å². The Kier molecular flexibility index (Phi) is 6.64. The molecule has 1 aromatic carbocycles. The Bertz CT molecular complexity index is 866. The SMILES string of the molecule is COC(=O)/C(=C(/C)N[C@H](C)c1ccnc(C(F)(F)F)c1)c1ccccc1Br. The van der Waals surface area contributed by atoms with E-state index in [1.165, 1.54) is 13.2 Å². The van der Waals surface area contributed by atoms with Crippen molar-refractivity contribution in [2.75, 3.05) is 7.11 Å². The maximum Gasteiger partial charge on any atom is 0.433 e. The van der Waals surface area contributed by atoms with Crippen molar-refractivity contribution in [3.05, 3.63) is 69.6 Å². The molecule has 1 aromatic heterocycles. The number of methoxy groups -OCH3 is 1. The third-order valence-corrected chi connectivity index (χ3v) is 4.61. The Morgan fingerprint density at radius 1 is 1.26 bits per heavy atom. The number of pyridine rings is 1. The van der Waals surface area contributed by atoms with Gasteiger partial charge >= 0.3 is 12.1 Å². The molecule has 144 valence electrons. The fourth-order valence-electron chi connectivity index (χ4n) is 2.58. The molecular weight excluding hydrogens is 425 g/mol. The Balaban J connectivity index is 2.40. The van der Waals surface area contributed by atoms with Crippen LogP contribution in [0.1, 0.15) is 36.7 Å². The number of alkyl halides is 3. The van der Waals surface area contributed by atoms with Crippen LogP contribution in [0.15, 0.2) is 52.8 Å². The number of rotatable bonds is 5. The highest BCUT2D eigenvalue weighted by Crippen LogP contribution is 2.30. The van der Waals surface area contributed by atoms with Crippen molar-refractivity contribution >= 4 is 27.5 Å². The van der Waals surface area contributed by atoms with Gasteiger partial charge < -0.3 is 10.1 Å². The number of allylic oxidation sites excluding steroid dienone is 1. The van der Waals surface area contributed by atoms with Crippen molar-refractivity contribution in [1.29, 1.82) is 0 Å². The monoisotopic (exact) mass is 442 g/mol. The zero-order valence-electron chi connectivity index (χ0n) is 14.9. The number of ether oxygens (including phenoxy) is 1. The number of hydrogen-bond acceptors (Lipinski definition) is 4. The van der Waals surface area contributed by atoms with Gasteiger partial charge in [-0.15, -0.1) is 0 Å². The number of halogens is 4. The quantitative estimate of drug-likeness (QED) is 0.515. The van der Waals surface area contributed by atoms with E-state index in [4.69, 9.17) is 4.74 Å². The Morgan fingerprint density at radius 3 is 2.52 bits per heavy atom. The topological polar surface area (TPSA) is 51.2 Å². The molecule has 0 aliphatic rings. The van der Waals surface area contributed by atoms with Gasteiger partial charge in [0.25, 0.3) is 0 Å². The zero-order valence-corrected chi connectivity index (χ0v) is 16.5. The van der Waals surface area contributed by atoms with E-state index in [0.717, 1.165) is 12.3 Å². The van der Waals surface area contributed by atoms with E-state index in [2.05, 4.69) is 26.2 Å². The van der Waals surface area contributed by atoms with Gasteiger partial charge in [0, 0.05) is 28.0 Å². The average molecular weight is 443 g/mol. The number of nitrogens with zero attached hydrogens (tertiary/aromatic N) is 1. The first-order chi connectivity index (χ1) is 12.6. The first kappa shape index (κ1) is 21.0. The fraction of sp³-hybridized carbons (Fsp3) is 0.263. The molecule has 0 saturated carbocycles. The summed E-state index contributed by atoms with van der Waals surface area (Å²) in [5, 5.41) is 3.08. The van der Waals surface area contributed by atoms with Crippen molar-refractivity contribution in [3.8, 4) is 0 Å². The van der Waals surface area contributed by atoms with E-state index in [1.807, 2.05) is 6.07 Å². The molecule has 0 unspecified atom stereocenters. The standard InChI is InChI=1S/C19H18BrF3N2O2/c1-11(13-8-9-24-16(10-13)19(21,22)23)25-12(2)17(18(26)27-3)14-6-4-5-7-15(14)20/h4-11,25H,1-3H3/b17-12-/t11-/m1/s1. The van der Waals surface area contributed by atoms with Gasteiger partial charge in [0.2, 0.25) is 0 Å². The van der Waals surface area contributed by atoms with Crippen LogP contribution in [0.2, 0.25) is 0 Å². The van der Waals surface area contributed by atoms with Crippen LogP contribution >= 0.6 is 15.9 Å². The first-order valence-corrected chi connectivity index (χ1v) is 8.78. The lowest BCUT2D eigenvalue weighted by atomic mass is 10.0. The summed E-state index contributed by atoms with van der Waals surface area (Å²) >= 11 is 3.40. The summed E-state index contributed by atoms with van der Waals surface area (Å²) in [5.41, 5.74) is 0.822. The van der Waals surface area contributed by atoms with Crippen molar-refractivity contribution in [1.82, 2.24) is 10.3 Å². The number of carbonyl (C=O) groups is 1. The number of aromatic nitrogens is 1. The number of benzene rings is 1. The Hall–Kier alpha value is -2.35. The summed E-state index contributed by atoms with van der Waals surface area (Å²) in [6, 6.07) is 9.11. The molecular formula is C19H18BrF3N2O2. The van der Waals surface area contributed by atoms with Gasteiger partial charge in [0.15, 0.2) is 0 Å². The number of carbonyl (C=O) groups excluding carboxylic acids is 1. The molecule has 0 aliphatic heterocycles. The Morgan fingerprint density at radius 2 is 1.93 bits per heavy atom. The molecule has 1 heterocycles. The van der Waals surface area contributed by atoms with E-state index >= 15 is 0 Å². The van der Waals surface area contributed by atoms with Crippen LogP contribution in [0.3, 0.4) is 0 Å².